The molecule has 0 saturated heterocycles. The van der Waals surface area contributed by atoms with Crippen molar-refractivity contribution >= 4 is 0 Å². The van der Waals surface area contributed by atoms with Crippen molar-refractivity contribution in [3.05, 3.63) is 24.3 Å². The Kier molecular flexibility index (Phi) is 8.34. The molecule has 0 bridgehead atoms. The molecule has 0 fully saturated rings. The summed E-state index contributed by atoms with van der Waals surface area (Å²) in [5, 5.41) is 12.8. The molecule has 0 radical (unpaired) electrons. The molecule has 1 unspecified atom stereocenters. The molecule has 0 aromatic rings. The highest BCUT2D eigenvalue weighted by molar-refractivity contribution is 4.97. The molecule has 0 rings (SSSR count). The van der Waals surface area contributed by atoms with Crippen molar-refractivity contribution in [1.29, 1.82) is 0 Å². The lowest BCUT2D eigenvalue weighted by atomic mass is 10.1. The van der Waals surface area contributed by atoms with Gasteiger partial charge in [0.1, 0.15) is 0 Å². The van der Waals surface area contributed by atoms with Crippen LogP contribution in [0.25, 0.3) is 0 Å². The van der Waals surface area contributed by atoms with Crippen molar-refractivity contribution in [3.8, 4) is 0 Å². The van der Waals surface area contributed by atoms with E-state index in [0.717, 1.165) is 37.9 Å². The predicted octanol–water partition coefficient (Wildman–Crippen LogP) is 2.65. The zero-order valence-electron chi connectivity index (χ0n) is 10.2. The van der Waals surface area contributed by atoms with Crippen LogP contribution in [0.1, 0.15) is 39.5 Å². The van der Waals surface area contributed by atoms with Crippen LogP contribution in [0.15, 0.2) is 24.3 Å². The van der Waals surface area contributed by atoms with Crippen LogP contribution in [0.2, 0.25) is 0 Å². The van der Waals surface area contributed by atoms with Gasteiger partial charge in [-0.2, -0.15) is 0 Å². The van der Waals surface area contributed by atoms with Gasteiger partial charge in [-0.1, -0.05) is 37.6 Å². The van der Waals surface area contributed by atoms with Crippen LogP contribution in [-0.4, -0.2) is 24.3 Å². The Hall–Kier alpha value is -0.600. The Balaban J connectivity index is 3.32. The Morgan fingerprint density at radius 3 is 2.47 bits per heavy atom. The lowest BCUT2D eigenvalue weighted by Crippen LogP contribution is -2.22. The molecule has 15 heavy (non-hydrogen) atoms. The summed E-state index contributed by atoms with van der Waals surface area (Å²) in [4.78, 5) is 0. The summed E-state index contributed by atoms with van der Waals surface area (Å²) in [5.41, 5.74) is 2.15. The SMILES string of the molecule is C=C(CCC)CCNCCC(O)C(=C)C. The van der Waals surface area contributed by atoms with Gasteiger partial charge in [0.05, 0.1) is 6.10 Å². The summed E-state index contributed by atoms with van der Waals surface area (Å²) in [5.74, 6) is 0. The van der Waals surface area contributed by atoms with E-state index in [-0.39, 0.29) is 6.10 Å². The molecule has 0 aromatic heterocycles. The average molecular weight is 211 g/mol. The van der Waals surface area contributed by atoms with Crippen molar-refractivity contribution in [2.45, 2.75) is 45.6 Å². The summed E-state index contributed by atoms with van der Waals surface area (Å²) in [7, 11) is 0. The first-order chi connectivity index (χ1) is 7.07. The lowest BCUT2D eigenvalue weighted by Gasteiger charge is -2.11. The summed E-state index contributed by atoms with van der Waals surface area (Å²) in [6.07, 6.45) is 3.71. The third-order valence-corrected chi connectivity index (χ3v) is 2.42. The van der Waals surface area contributed by atoms with Crippen molar-refractivity contribution in [1.82, 2.24) is 5.32 Å². The number of rotatable bonds is 9. The molecule has 0 aliphatic carbocycles. The second-order valence-electron chi connectivity index (χ2n) is 4.15. The Morgan fingerprint density at radius 2 is 1.93 bits per heavy atom. The minimum atomic E-state index is -0.364. The highest BCUT2D eigenvalue weighted by Gasteiger charge is 2.02. The number of aliphatic hydroxyl groups is 1. The van der Waals surface area contributed by atoms with Gasteiger partial charge >= 0.3 is 0 Å². The average Bonchev–Trinajstić information content (AvgIpc) is 2.17. The van der Waals surface area contributed by atoms with Crippen LogP contribution in [0.5, 0.6) is 0 Å². The van der Waals surface area contributed by atoms with E-state index in [1.165, 1.54) is 12.0 Å². The van der Waals surface area contributed by atoms with E-state index >= 15 is 0 Å². The first-order valence-corrected chi connectivity index (χ1v) is 5.78. The number of aliphatic hydroxyl groups excluding tert-OH is 1. The molecule has 0 aliphatic heterocycles. The molecular weight excluding hydrogens is 186 g/mol. The lowest BCUT2D eigenvalue weighted by molar-refractivity contribution is 0.200. The van der Waals surface area contributed by atoms with E-state index in [1.807, 2.05) is 6.92 Å². The van der Waals surface area contributed by atoms with E-state index < -0.39 is 0 Å². The molecular formula is C13H25NO. The third kappa shape index (κ3) is 8.40. The second kappa shape index (κ2) is 8.69. The van der Waals surface area contributed by atoms with Crippen molar-refractivity contribution in [3.63, 3.8) is 0 Å². The fourth-order valence-electron chi connectivity index (χ4n) is 1.35. The fourth-order valence-corrected chi connectivity index (χ4v) is 1.35. The molecule has 88 valence electrons. The van der Waals surface area contributed by atoms with Crippen molar-refractivity contribution < 1.29 is 5.11 Å². The Morgan fingerprint density at radius 1 is 1.27 bits per heavy atom. The summed E-state index contributed by atoms with van der Waals surface area (Å²) < 4.78 is 0. The Bertz CT molecular complexity index is 199. The second-order valence-corrected chi connectivity index (χ2v) is 4.15. The third-order valence-electron chi connectivity index (χ3n) is 2.42. The van der Waals surface area contributed by atoms with Gasteiger partial charge in [-0.3, -0.25) is 0 Å². The van der Waals surface area contributed by atoms with Gasteiger partial charge in [-0.05, 0) is 39.3 Å². The van der Waals surface area contributed by atoms with Crippen LogP contribution in [0, 0.1) is 0 Å². The van der Waals surface area contributed by atoms with Crippen molar-refractivity contribution in [2.24, 2.45) is 0 Å². The number of nitrogens with one attached hydrogen (secondary N) is 1. The summed E-state index contributed by atoms with van der Waals surface area (Å²) >= 11 is 0. The van der Waals surface area contributed by atoms with Gasteiger partial charge < -0.3 is 10.4 Å². The van der Waals surface area contributed by atoms with Crippen LogP contribution >= 0.6 is 0 Å². The molecule has 0 aliphatic rings. The Labute approximate surface area is 94.1 Å². The summed E-state index contributed by atoms with van der Waals surface area (Å²) in [6.45, 7) is 13.5. The summed E-state index contributed by atoms with van der Waals surface area (Å²) in [6, 6.07) is 0. The minimum Gasteiger partial charge on any atom is -0.389 e. The highest BCUT2D eigenvalue weighted by Crippen LogP contribution is 2.05. The molecule has 1 atom stereocenters. The zero-order chi connectivity index (χ0) is 11.7. The monoisotopic (exact) mass is 211 g/mol. The first-order valence-electron chi connectivity index (χ1n) is 5.78. The maximum atomic E-state index is 9.46. The normalized spacial score (nSPS) is 12.5. The van der Waals surface area contributed by atoms with Gasteiger partial charge in [-0.15, -0.1) is 0 Å². The highest BCUT2D eigenvalue weighted by atomic mass is 16.3. The van der Waals surface area contributed by atoms with E-state index in [1.54, 1.807) is 0 Å². The van der Waals surface area contributed by atoms with Crippen LogP contribution < -0.4 is 5.32 Å². The van der Waals surface area contributed by atoms with Crippen LogP contribution in [0.3, 0.4) is 0 Å². The van der Waals surface area contributed by atoms with Gasteiger partial charge in [0.15, 0.2) is 0 Å². The number of hydrogen-bond acceptors (Lipinski definition) is 2. The van der Waals surface area contributed by atoms with Gasteiger partial charge in [0.25, 0.3) is 0 Å². The van der Waals surface area contributed by atoms with Gasteiger partial charge in [0.2, 0.25) is 0 Å². The standard InChI is InChI=1S/C13H25NO/c1-5-6-12(4)7-9-14-10-8-13(15)11(2)3/h13-15H,2,4-10H2,1,3H3. The van der Waals surface area contributed by atoms with Crippen LogP contribution in [0.4, 0.5) is 0 Å². The topological polar surface area (TPSA) is 32.3 Å². The molecule has 0 heterocycles. The molecule has 0 spiro atoms. The van der Waals surface area contributed by atoms with E-state index in [0.29, 0.717) is 0 Å². The van der Waals surface area contributed by atoms with E-state index in [2.05, 4.69) is 25.4 Å². The molecule has 0 amide bonds. The van der Waals surface area contributed by atoms with E-state index in [9.17, 15) is 5.11 Å². The molecule has 2 nitrogen and oxygen atoms in total. The van der Waals surface area contributed by atoms with Gasteiger partial charge in [0, 0.05) is 0 Å². The van der Waals surface area contributed by atoms with E-state index in [4.69, 9.17) is 0 Å². The van der Waals surface area contributed by atoms with Gasteiger partial charge in [-0.25, -0.2) is 0 Å². The molecule has 0 aromatic carbocycles. The maximum Gasteiger partial charge on any atom is 0.0756 e. The number of hydrogen-bond donors (Lipinski definition) is 2. The fraction of sp³-hybridized carbons (Fsp3) is 0.692. The quantitative estimate of drug-likeness (QED) is 0.454. The first kappa shape index (κ1) is 14.4. The predicted molar refractivity (Wildman–Crippen MR) is 67.0 cm³/mol. The smallest absolute Gasteiger partial charge is 0.0756 e. The van der Waals surface area contributed by atoms with Crippen molar-refractivity contribution in [2.75, 3.05) is 13.1 Å². The van der Waals surface area contributed by atoms with Crippen LogP contribution in [-0.2, 0) is 0 Å². The zero-order valence-corrected chi connectivity index (χ0v) is 10.2. The molecule has 2 heteroatoms. The maximum absolute atomic E-state index is 9.46. The molecule has 2 N–H and O–H groups in total. The minimum absolute atomic E-state index is 0.364. The largest absolute Gasteiger partial charge is 0.389 e. The molecule has 0 saturated carbocycles.